The summed E-state index contributed by atoms with van der Waals surface area (Å²) in [5.41, 5.74) is 0.543. The van der Waals surface area contributed by atoms with E-state index in [0.717, 1.165) is 0 Å². The molecule has 9 nitrogen and oxygen atoms in total. The Morgan fingerprint density at radius 2 is 2.04 bits per heavy atom. The molecule has 144 valence electrons. The zero-order valence-electron chi connectivity index (χ0n) is 15.9. The van der Waals surface area contributed by atoms with E-state index >= 15 is 0 Å². The number of nitro groups is 1. The Morgan fingerprint density at radius 1 is 1.30 bits per heavy atom. The first-order valence-electron chi connectivity index (χ1n) is 8.80. The van der Waals surface area contributed by atoms with Gasteiger partial charge in [-0.3, -0.25) is 15.1 Å². The molecule has 9 heteroatoms. The van der Waals surface area contributed by atoms with Gasteiger partial charge in [-0.2, -0.15) is 0 Å². The van der Waals surface area contributed by atoms with Crippen molar-refractivity contribution in [3.05, 3.63) is 34.5 Å². The fourth-order valence-electron chi connectivity index (χ4n) is 3.03. The summed E-state index contributed by atoms with van der Waals surface area (Å²) in [4.78, 5) is 35.4. The third kappa shape index (κ3) is 4.24. The molecule has 1 fully saturated rings. The Balaban J connectivity index is 1.75. The van der Waals surface area contributed by atoms with Gasteiger partial charge in [0.2, 0.25) is 0 Å². The van der Waals surface area contributed by atoms with E-state index in [-0.39, 0.29) is 17.8 Å². The lowest BCUT2D eigenvalue weighted by molar-refractivity contribution is -0.384. The first kappa shape index (κ1) is 18.8. The number of carbonyl (C=O) groups is 1. The Kier molecular flexibility index (Phi) is 4.86. The highest BCUT2D eigenvalue weighted by atomic mass is 16.6. The van der Waals surface area contributed by atoms with Crippen LogP contribution in [0.5, 0.6) is 0 Å². The maximum Gasteiger partial charge on any atom is 0.410 e. The van der Waals surface area contributed by atoms with E-state index in [1.54, 1.807) is 17.2 Å². The molecular formula is C18H23N5O4. The van der Waals surface area contributed by atoms with Crippen LogP contribution in [0.1, 0.15) is 27.7 Å². The molecule has 1 atom stereocenters. The van der Waals surface area contributed by atoms with Gasteiger partial charge in [0.15, 0.2) is 0 Å². The number of carbonyl (C=O) groups excluding carboxylic acids is 1. The molecular weight excluding hydrogens is 350 g/mol. The maximum atomic E-state index is 12.3. The maximum absolute atomic E-state index is 12.3. The summed E-state index contributed by atoms with van der Waals surface area (Å²) < 4.78 is 5.44. The van der Waals surface area contributed by atoms with Crippen LogP contribution in [-0.4, -0.2) is 57.2 Å². The van der Waals surface area contributed by atoms with Crippen molar-refractivity contribution < 1.29 is 14.5 Å². The van der Waals surface area contributed by atoms with Gasteiger partial charge in [-0.05, 0) is 33.8 Å². The van der Waals surface area contributed by atoms with E-state index in [4.69, 9.17) is 4.74 Å². The molecule has 1 amide bonds. The smallest absolute Gasteiger partial charge is 0.410 e. The van der Waals surface area contributed by atoms with Gasteiger partial charge >= 0.3 is 6.09 Å². The number of nitrogens with zero attached hydrogens (tertiary/aromatic N) is 5. The minimum atomic E-state index is -0.524. The first-order valence-corrected chi connectivity index (χ1v) is 8.80. The molecule has 0 radical (unpaired) electrons. The fraction of sp³-hybridized carbons (Fsp3) is 0.500. The van der Waals surface area contributed by atoms with Gasteiger partial charge in [-0.15, -0.1) is 0 Å². The summed E-state index contributed by atoms with van der Waals surface area (Å²) >= 11 is 0. The lowest BCUT2D eigenvalue weighted by Gasteiger charge is -2.40. The number of nitro benzene ring substituents is 1. The van der Waals surface area contributed by atoms with Crippen molar-refractivity contribution >= 4 is 28.6 Å². The van der Waals surface area contributed by atoms with Crippen molar-refractivity contribution in [2.45, 2.75) is 39.3 Å². The molecule has 1 aromatic heterocycles. The minimum Gasteiger partial charge on any atom is -0.444 e. The third-order valence-corrected chi connectivity index (χ3v) is 4.30. The summed E-state index contributed by atoms with van der Waals surface area (Å²) in [5, 5.41) is 10.9. The van der Waals surface area contributed by atoms with Crippen molar-refractivity contribution in [2.24, 2.45) is 0 Å². The van der Waals surface area contributed by atoms with Gasteiger partial charge in [-0.25, -0.2) is 9.78 Å². The van der Waals surface area contributed by atoms with Gasteiger partial charge in [0.1, 0.15) is 11.4 Å². The van der Waals surface area contributed by atoms with Gasteiger partial charge in [0.05, 0.1) is 22.2 Å². The predicted molar refractivity (Wildman–Crippen MR) is 101 cm³/mol. The number of hydrogen-bond acceptors (Lipinski definition) is 7. The Labute approximate surface area is 157 Å². The second kappa shape index (κ2) is 6.98. The van der Waals surface area contributed by atoms with Crippen LogP contribution in [-0.2, 0) is 4.74 Å². The number of benzene rings is 1. The molecule has 0 aliphatic carbocycles. The van der Waals surface area contributed by atoms with E-state index in [1.165, 1.54) is 12.1 Å². The molecule has 1 aliphatic heterocycles. The molecule has 2 heterocycles. The van der Waals surface area contributed by atoms with E-state index < -0.39 is 10.5 Å². The number of ether oxygens (including phenoxy) is 1. The van der Waals surface area contributed by atoms with Crippen LogP contribution in [0.2, 0.25) is 0 Å². The zero-order valence-corrected chi connectivity index (χ0v) is 15.9. The largest absolute Gasteiger partial charge is 0.444 e. The molecule has 1 aromatic carbocycles. The van der Waals surface area contributed by atoms with Crippen LogP contribution in [0.15, 0.2) is 24.4 Å². The Morgan fingerprint density at radius 3 is 2.67 bits per heavy atom. The van der Waals surface area contributed by atoms with E-state index in [0.29, 0.717) is 36.5 Å². The number of hydrogen-bond donors (Lipinski definition) is 0. The average molecular weight is 373 g/mol. The van der Waals surface area contributed by atoms with Crippen molar-refractivity contribution in [1.29, 1.82) is 0 Å². The quantitative estimate of drug-likeness (QED) is 0.589. The molecule has 3 rings (SSSR count). The highest BCUT2D eigenvalue weighted by Crippen LogP contribution is 2.23. The number of amides is 1. The van der Waals surface area contributed by atoms with Crippen LogP contribution in [0.25, 0.3) is 11.0 Å². The molecule has 0 unspecified atom stereocenters. The summed E-state index contributed by atoms with van der Waals surface area (Å²) in [7, 11) is 0. The van der Waals surface area contributed by atoms with Crippen LogP contribution < -0.4 is 4.90 Å². The van der Waals surface area contributed by atoms with E-state index in [9.17, 15) is 14.9 Å². The van der Waals surface area contributed by atoms with Crippen LogP contribution in [0.4, 0.5) is 16.3 Å². The Hall–Kier alpha value is -2.97. The summed E-state index contributed by atoms with van der Waals surface area (Å²) in [6, 6.07) is 4.47. The van der Waals surface area contributed by atoms with Crippen molar-refractivity contribution in [3.63, 3.8) is 0 Å². The van der Waals surface area contributed by atoms with Crippen molar-refractivity contribution in [1.82, 2.24) is 14.9 Å². The summed E-state index contributed by atoms with van der Waals surface area (Å²) in [5.74, 6) is 0.688. The molecule has 2 aromatic rings. The van der Waals surface area contributed by atoms with Gasteiger partial charge < -0.3 is 14.5 Å². The standard InChI is InChI=1S/C18H23N5O4/c1-12-11-21(17(24)27-18(2,3)4)7-8-22(12)16-10-19-15-9-13(23(25)26)5-6-14(15)20-16/h5-6,9-10,12H,7-8,11H2,1-4H3/t12-/m0/s1. The van der Waals surface area contributed by atoms with Crippen LogP contribution in [0, 0.1) is 10.1 Å². The topological polar surface area (TPSA) is 102 Å². The summed E-state index contributed by atoms with van der Waals surface area (Å²) in [6.07, 6.45) is 1.30. The fourth-order valence-corrected chi connectivity index (χ4v) is 3.03. The number of rotatable bonds is 2. The van der Waals surface area contributed by atoms with E-state index in [2.05, 4.69) is 14.9 Å². The van der Waals surface area contributed by atoms with Crippen molar-refractivity contribution in [3.8, 4) is 0 Å². The number of fused-ring (bicyclic) bond motifs is 1. The number of non-ortho nitro benzene ring substituents is 1. The molecule has 0 bridgehead atoms. The van der Waals surface area contributed by atoms with Crippen LogP contribution in [0.3, 0.4) is 0 Å². The normalized spacial score (nSPS) is 17.9. The zero-order chi connectivity index (χ0) is 19.8. The second-order valence-corrected chi connectivity index (χ2v) is 7.63. The highest BCUT2D eigenvalue weighted by Gasteiger charge is 2.30. The third-order valence-electron chi connectivity index (χ3n) is 4.30. The highest BCUT2D eigenvalue weighted by molar-refractivity contribution is 5.78. The molecule has 27 heavy (non-hydrogen) atoms. The van der Waals surface area contributed by atoms with Crippen molar-refractivity contribution in [2.75, 3.05) is 24.5 Å². The van der Waals surface area contributed by atoms with Gasteiger partial charge in [-0.1, -0.05) is 0 Å². The average Bonchev–Trinajstić information content (AvgIpc) is 2.59. The van der Waals surface area contributed by atoms with Gasteiger partial charge in [0.25, 0.3) is 5.69 Å². The first-order chi connectivity index (χ1) is 12.6. The van der Waals surface area contributed by atoms with Crippen LogP contribution >= 0.6 is 0 Å². The van der Waals surface area contributed by atoms with Gasteiger partial charge in [0, 0.05) is 37.8 Å². The number of piperazine rings is 1. The molecule has 0 N–H and O–H groups in total. The minimum absolute atomic E-state index is 0.0103. The van der Waals surface area contributed by atoms with E-state index in [1.807, 2.05) is 27.7 Å². The Bertz CT molecular complexity index is 880. The lowest BCUT2D eigenvalue weighted by Crippen LogP contribution is -2.54. The molecule has 0 spiro atoms. The predicted octanol–water partition coefficient (Wildman–Crippen LogP) is 2.98. The molecule has 1 aliphatic rings. The SMILES string of the molecule is C[C@H]1CN(C(=O)OC(C)(C)C)CCN1c1cnc2cc([N+](=O)[O-])ccc2n1. The summed E-state index contributed by atoms with van der Waals surface area (Å²) in [6.45, 7) is 9.21. The molecule has 1 saturated heterocycles. The molecule has 0 saturated carbocycles. The number of anilines is 1. The lowest BCUT2D eigenvalue weighted by atomic mass is 10.2. The monoisotopic (exact) mass is 373 g/mol. The second-order valence-electron chi connectivity index (χ2n) is 7.63. The number of aromatic nitrogens is 2.